The number of imidazole rings is 1. The maximum atomic E-state index is 11.3. The normalized spacial score (nSPS) is 20.7. The number of hydrogen-bond donors (Lipinski definition) is 2. The van der Waals surface area contributed by atoms with Crippen LogP contribution in [0.1, 0.15) is 41.2 Å². The number of carbonyl (C=O) groups excluding carboxylic acids is 1. The third-order valence-electron chi connectivity index (χ3n) is 4.21. The van der Waals surface area contributed by atoms with E-state index >= 15 is 0 Å². The van der Waals surface area contributed by atoms with Gasteiger partial charge in [0.05, 0.1) is 0 Å². The molecule has 6 nitrogen and oxygen atoms in total. The summed E-state index contributed by atoms with van der Waals surface area (Å²) in [5.74, 6) is 0.562. The number of ether oxygens (including phenoxy) is 1. The first-order valence-corrected chi connectivity index (χ1v) is 7.93. The summed E-state index contributed by atoms with van der Waals surface area (Å²) in [5.41, 5.74) is 6.89. The van der Waals surface area contributed by atoms with Crippen molar-refractivity contribution in [2.45, 2.75) is 38.6 Å². The number of aryl methyl sites for hydroxylation is 1. The Balaban J connectivity index is 1.68. The second-order valence-corrected chi connectivity index (χ2v) is 5.70. The van der Waals surface area contributed by atoms with Crippen molar-refractivity contribution in [2.24, 2.45) is 5.73 Å². The van der Waals surface area contributed by atoms with E-state index in [0.717, 1.165) is 31.0 Å². The maximum Gasteiger partial charge on any atom is 0.248 e. The smallest absolute Gasteiger partial charge is 0.248 e. The lowest BCUT2D eigenvalue weighted by atomic mass is 10.1. The minimum absolute atomic E-state index is 0.0377. The quantitative estimate of drug-likeness (QED) is 0.849. The standard InChI is InChI=1S/C17H22N4O2/c1-2-21-8-7-19-17(21)15-14(6-9-23-15)20-11-12-4-3-5-13(10-12)16(18)22/h3-5,7-8,10,14-15,20H,2,6,9,11H2,1H3,(H2,18,22)/t14-,15-/m0/s1. The number of aromatic nitrogens is 2. The zero-order valence-corrected chi connectivity index (χ0v) is 13.2. The number of nitrogens with one attached hydrogen (secondary N) is 1. The molecule has 2 atom stereocenters. The second-order valence-electron chi connectivity index (χ2n) is 5.70. The molecule has 3 rings (SSSR count). The van der Waals surface area contributed by atoms with Gasteiger partial charge in [0, 0.05) is 43.7 Å². The average molecular weight is 314 g/mol. The molecule has 0 radical (unpaired) electrons. The highest BCUT2D eigenvalue weighted by molar-refractivity contribution is 5.92. The molecular weight excluding hydrogens is 292 g/mol. The summed E-state index contributed by atoms with van der Waals surface area (Å²) in [6.07, 6.45) is 4.69. The summed E-state index contributed by atoms with van der Waals surface area (Å²) in [5, 5.41) is 3.52. The zero-order chi connectivity index (χ0) is 16.2. The highest BCUT2D eigenvalue weighted by atomic mass is 16.5. The van der Waals surface area contributed by atoms with E-state index in [1.54, 1.807) is 6.07 Å². The van der Waals surface area contributed by atoms with Crippen molar-refractivity contribution >= 4 is 5.91 Å². The van der Waals surface area contributed by atoms with Crippen LogP contribution in [0.5, 0.6) is 0 Å². The molecule has 122 valence electrons. The zero-order valence-electron chi connectivity index (χ0n) is 13.2. The third-order valence-corrected chi connectivity index (χ3v) is 4.21. The number of nitrogens with two attached hydrogens (primary N) is 1. The molecule has 23 heavy (non-hydrogen) atoms. The third kappa shape index (κ3) is 3.43. The van der Waals surface area contributed by atoms with Gasteiger partial charge in [0.1, 0.15) is 11.9 Å². The monoisotopic (exact) mass is 314 g/mol. The number of nitrogens with zero attached hydrogens (tertiary/aromatic N) is 2. The fraction of sp³-hybridized carbons (Fsp3) is 0.412. The number of amides is 1. The van der Waals surface area contributed by atoms with E-state index in [0.29, 0.717) is 12.1 Å². The predicted octanol–water partition coefficient (Wildman–Crippen LogP) is 1.62. The fourth-order valence-corrected chi connectivity index (χ4v) is 2.98. The largest absolute Gasteiger partial charge is 0.369 e. The van der Waals surface area contributed by atoms with Gasteiger partial charge in [-0.25, -0.2) is 4.98 Å². The van der Waals surface area contributed by atoms with Gasteiger partial charge in [-0.3, -0.25) is 4.79 Å². The Bertz CT molecular complexity index is 683. The van der Waals surface area contributed by atoms with Crippen LogP contribution in [0.4, 0.5) is 0 Å². The van der Waals surface area contributed by atoms with E-state index in [2.05, 4.69) is 21.8 Å². The van der Waals surface area contributed by atoms with Crippen molar-refractivity contribution in [3.8, 4) is 0 Å². The lowest BCUT2D eigenvalue weighted by Gasteiger charge is -2.20. The summed E-state index contributed by atoms with van der Waals surface area (Å²) >= 11 is 0. The molecule has 0 saturated carbocycles. The van der Waals surface area contributed by atoms with Crippen LogP contribution >= 0.6 is 0 Å². The highest BCUT2D eigenvalue weighted by Crippen LogP contribution is 2.28. The Morgan fingerprint density at radius 1 is 1.52 bits per heavy atom. The maximum absolute atomic E-state index is 11.3. The van der Waals surface area contributed by atoms with Crippen molar-refractivity contribution in [3.63, 3.8) is 0 Å². The molecule has 3 N–H and O–H groups in total. The van der Waals surface area contributed by atoms with Crippen molar-refractivity contribution in [2.75, 3.05) is 6.61 Å². The van der Waals surface area contributed by atoms with E-state index in [-0.39, 0.29) is 12.1 Å². The van der Waals surface area contributed by atoms with Gasteiger partial charge in [0.2, 0.25) is 5.91 Å². The molecule has 0 unspecified atom stereocenters. The molecule has 0 bridgehead atoms. The van der Waals surface area contributed by atoms with Crippen molar-refractivity contribution in [1.82, 2.24) is 14.9 Å². The van der Waals surface area contributed by atoms with Gasteiger partial charge in [0.15, 0.2) is 0 Å². The van der Waals surface area contributed by atoms with Gasteiger partial charge in [0.25, 0.3) is 0 Å². The minimum Gasteiger partial charge on any atom is -0.369 e. The Morgan fingerprint density at radius 3 is 3.17 bits per heavy atom. The molecule has 6 heteroatoms. The Hall–Kier alpha value is -2.18. The summed E-state index contributed by atoms with van der Waals surface area (Å²) in [6.45, 7) is 4.36. The topological polar surface area (TPSA) is 82.2 Å². The van der Waals surface area contributed by atoms with Gasteiger partial charge in [-0.2, -0.15) is 0 Å². The highest BCUT2D eigenvalue weighted by Gasteiger charge is 2.32. The number of primary amides is 1. The molecule has 1 amide bonds. The molecular formula is C17H22N4O2. The molecule has 2 aromatic rings. The van der Waals surface area contributed by atoms with Gasteiger partial charge in [-0.1, -0.05) is 12.1 Å². The molecule has 1 fully saturated rings. The van der Waals surface area contributed by atoms with Gasteiger partial charge in [-0.05, 0) is 31.0 Å². The minimum atomic E-state index is -0.404. The molecule has 1 aromatic carbocycles. The summed E-state index contributed by atoms with van der Waals surface area (Å²) in [4.78, 5) is 15.7. The first-order chi connectivity index (χ1) is 11.2. The van der Waals surface area contributed by atoms with E-state index in [4.69, 9.17) is 10.5 Å². The molecule has 0 aliphatic carbocycles. The van der Waals surface area contributed by atoms with Crippen LogP contribution in [-0.2, 0) is 17.8 Å². The van der Waals surface area contributed by atoms with Crippen molar-refractivity contribution in [3.05, 3.63) is 53.6 Å². The summed E-state index contributed by atoms with van der Waals surface area (Å²) in [6, 6.07) is 7.60. The van der Waals surface area contributed by atoms with Crippen LogP contribution < -0.4 is 11.1 Å². The molecule has 1 saturated heterocycles. The van der Waals surface area contributed by atoms with Crippen molar-refractivity contribution < 1.29 is 9.53 Å². The lowest BCUT2D eigenvalue weighted by molar-refractivity contribution is 0.0886. The average Bonchev–Trinajstić information content (AvgIpc) is 3.21. The van der Waals surface area contributed by atoms with Gasteiger partial charge in [-0.15, -0.1) is 0 Å². The van der Waals surface area contributed by atoms with Crippen LogP contribution in [0.15, 0.2) is 36.7 Å². The van der Waals surface area contributed by atoms with Crippen LogP contribution in [0.25, 0.3) is 0 Å². The Labute approximate surface area is 135 Å². The molecule has 2 heterocycles. The van der Waals surface area contributed by atoms with Crippen LogP contribution in [0.2, 0.25) is 0 Å². The SMILES string of the molecule is CCn1ccnc1[C@H]1OCC[C@@H]1NCc1cccc(C(N)=O)c1. The molecule has 1 aliphatic heterocycles. The number of hydrogen-bond acceptors (Lipinski definition) is 4. The Morgan fingerprint density at radius 2 is 2.39 bits per heavy atom. The van der Waals surface area contributed by atoms with Crippen molar-refractivity contribution in [1.29, 1.82) is 0 Å². The first-order valence-electron chi connectivity index (χ1n) is 7.93. The number of rotatable bonds is 6. The Kier molecular flexibility index (Phi) is 4.73. The first kappa shape index (κ1) is 15.7. The second kappa shape index (κ2) is 6.93. The van der Waals surface area contributed by atoms with Crippen LogP contribution in [0, 0.1) is 0 Å². The van der Waals surface area contributed by atoms with E-state index in [9.17, 15) is 4.79 Å². The fourth-order valence-electron chi connectivity index (χ4n) is 2.98. The van der Waals surface area contributed by atoms with E-state index < -0.39 is 5.91 Å². The number of carbonyl (C=O) groups is 1. The predicted molar refractivity (Wildman–Crippen MR) is 86.8 cm³/mol. The summed E-state index contributed by atoms with van der Waals surface area (Å²) in [7, 11) is 0. The van der Waals surface area contributed by atoms with E-state index in [1.165, 1.54) is 0 Å². The van der Waals surface area contributed by atoms with Gasteiger partial charge >= 0.3 is 0 Å². The molecule has 1 aliphatic rings. The van der Waals surface area contributed by atoms with Crippen LogP contribution in [0.3, 0.4) is 0 Å². The molecule has 0 spiro atoms. The summed E-state index contributed by atoms with van der Waals surface area (Å²) < 4.78 is 7.99. The van der Waals surface area contributed by atoms with Gasteiger partial charge < -0.3 is 20.4 Å². The molecule has 1 aromatic heterocycles. The lowest BCUT2D eigenvalue weighted by Crippen LogP contribution is -2.32. The van der Waals surface area contributed by atoms with Crippen LogP contribution in [-0.4, -0.2) is 28.1 Å². The van der Waals surface area contributed by atoms with E-state index in [1.807, 2.05) is 30.6 Å². The number of benzene rings is 1.